The van der Waals surface area contributed by atoms with Gasteiger partial charge in [-0.2, -0.15) is 0 Å². The molecule has 0 spiro atoms. The van der Waals surface area contributed by atoms with Gasteiger partial charge in [-0.3, -0.25) is 19.3 Å². The molecule has 0 aliphatic carbocycles. The molecule has 3 amide bonds. The quantitative estimate of drug-likeness (QED) is 0.656. The second kappa shape index (κ2) is 8.82. The van der Waals surface area contributed by atoms with Gasteiger partial charge in [0.05, 0.1) is 9.80 Å². The zero-order valence-corrected chi connectivity index (χ0v) is 17.6. The Balaban J connectivity index is 1.64. The van der Waals surface area contributed by atoms with Crippen LogP contribution in [0.25, 0.3) is 6.08 Å². The predicted octanol–water partition coefficient (Wildman–Crippen LogP) is 2.11. The maximum Gasteiger partial charge on any atom is 0.293 e. The molecule has 3 rings (SSSR count). The zero-order chi connectivity index (χ0) is 21.9. The number of primary sulfonamides is 1. The fourth-order valence-corrected chi connectivity index (χ4v) is 4.20. The molecular weight excluding hydrogens is 426 g/mol. The van der Waals surface area contributed by atoms with Gasteiger partial charge in [0, 0.05) is 18.7 Å². The number of aryl methyl sites for hydroxylation is 1. The first-order chi connectivity index (χ1) is 14.2. The molecule has 0 aromatic heterocycles. The van der Waals surface area contributed by atoms with E-state index >= 15 is 0 Å². The van der Waals surface area contributed by atoms with Gasteiger partial charge in [-0.15, -0.1) is 0 Å². The molecule has 2 aromatic carbocycles. The first-order valence-corrected chi connectivity index (χ1v) is 11.2. The van der Waals surface area contributed by atoms with Gasteiger partial charge in [0.1, 0.15) is 0 Å². The van der Waals surface area contributed by atoms with Gasteiger partial charge in [0.25, 0.3) is 17.1 Å². The van der Waals surface area contributed by atoms with Gasteiger partial charge in [-0.25, -0.2) is 13.6 Å². The second-order valence-electron chi connectivity index (χ2n) is 6.52. The Kier molecular flexibility index (Phi) is 6.40. The van der Waals surface area contributed by atoms with Gasteiger partial charge in [0.15, 0.2) is 0 Å². The van der Waals surface area contributed by atoms with E-state index < -0.39 is 27.1 Å². The van der Waals surface area contributed by atoms with Crippen LogP contribution in [-0.4, -0.2) is 43.5 Å². The third-order valence-corrected chi connectivity index (χ3v) is 6.19. The summed E-state index contributed by atoms with van der Waals surface area (Å²) in [5, 5.41) is 7.30. The third-order valence-electron chi connectivity index (χ3n) is 4.37. The lowest BCUT2D eigenvalue weighted by molar-refractivity contribution is -0.122. The number of thioether (sulfide) groups is 1. The molecule has 1 aliphatic heterocycles. The van der Waals surface area contributed by atoms with Crippen LogP contribution in [0.5, 0.6) is 0 Å². The predicted molar refractivity (Wildman–Crippen MR) is 114 cm³/mol. The Morgan fingerprint density at radius 2 is 1.87 bits per heavy atom. The molecule has 8 nitrogen and oxygen atoms in total. The van der Waals surface area contributed by atoms with Crippen LogP contribution in [0.15, 0.2) is 58.3 Å². The van der Waals surface area contributed by atoms with Crippen molar-refractivity contribution in [3.05, 3.63) is 70.1 Å². The molecule has 156 valence electrons. The highest BCUT2D eigenvalue weighted by atomic mass is 32.2. The molecule has 1 aliphatic rings. The summed E-state index contributed by atoms with van der Waals surface area (Å²) in [6.07, 6.45) is 1.64. The van der Waals surface area contributed by atoms with E-state index in [1.165, 1.54) is 18.2 Å². The van der Waals surface area contributed by atoms with Crippen molar-refractivity contribution < 1.29 is 22.8 Å². The Morgan fingerprint density at radius 3 is 2.53 bits per heavy atom. The van der Waals surface area contributed by atoms with E-state index in [9.17, 15) is 22.8 Å². The minimum atomic E-state index is -3.94. The summed E-state index contributed by atoms with van der Waals surface area (Å²) in [4.78, 5) is 38.3. The van der Waals surface area contributed by atoms with Crippen molar-refractivity contribution in [2.24, 2.45) is 5.14 Å². The van der Waals surface area contributed by atoms with Crippen LogP contribution >= 0.6 is 11.8 Å². The van der Waals surface area contributed by atoms with E-state index in [4.69, 9.17) is 5.14 Å². The topological polar surface area (TPSA) is 127 Å². The van der Waals surface area contributed by atoms with Gasteiger partial charge < -0.3 is 5.32 Å². The highest BCUT2D eigenvalue weighted by Gasteiger charge is 2.34. The number of benzene rings is 2. The number of amides is 3. The second-order valence-corrected chi connectivity index (χ2v) is 9.08. The molecule has 30 heavy (non-hydrogen) atoms. The van der Waals surface area contributed by atoms with Crippen molar-refractivity contribution in [2.45, 2.75) is 11.8 Å². The molecule has 0 unspecified atom stereocenters. The number of rotatable bonds is 6. The summed E-state index contributed by atoms with van der Waals surface area (Å²) in [7, 11) is -3.94. The summed E-state index contributed by atoms with van der Waals surface area (Å²) in [5.41, 5.74) is 1.53. The minimum absolute atomic E-state index is 0.00351. The van der Waals surface area contributed by atoms with Crippen molar-refractivity contribution >= 4 is 44.9 Å². The van der Waals surface area contributed by atoms with Crippen molar-refractivity contribution in [1.29, 1.82) is 0 Å². The van der Waals surface area contributed by atoms with Crippen LogP contribution in [0, 0.1) is 6.92 Å². The third kappa shape index (κ3) is 4.96. The van der Waals surface area contributed by atoms with Crippen LogP contribution < -0.4 is 10.5 Å². The number of nitrogens with one attached hydrogen (secondary N) is 1. The number of imide groups is 1. The largest absolute Gasteiger partial charge is 0.350 e. The summed E-state index contributed by atoms with van der Waals surface area (Å²) in [6.45, 7) is 1.68. The highest BCUT2D eigenvalue weighted by molar-refractivity contribution is 8.18. The molecular formula is C20H19N3O5S2. The Labute approximate surface area is 178 Å². The normalized spacial score (nSPS) is 15.7. The van der Waals surface area contributed by atoms with E-state index in [1.807, 2.05) is 30.3 Å². The number of sulfonamides is 1. The van der Waals surface area contributed by atoms with E-state index in [0.717, 1.165) is 22.2 Å². The fraction of sp³-hybridized carbons (Fsp3) is 0.150. The van der Waals surface area contributed by atoms with Crippen molar-refractivity contribution in [2.75, 3.05) is 13.1 Å². The number of hydrogen-bond donors (Lipinski definition) is 2. The Hall–Kier alpha value is -2.95. The molecule has 1 saturated heterocycles. The van der Waals surface area contributed by atoms with Gasteiger partial charge in [0.2, 0.25) is 10.0 Å². The van der Waals surface area contributed by atoms with E-state index in [-0.39, 0.29) is 23.5 Å². The molecule has 2 aromatic rings. The zero-order valence-electron chi connectivity index (χ0n) is 16.0. The fourth-order valence-electron chi connectivity index (χ4n) is 2.79. The number of carbonyl (C=O) groups excluding carboxylic acids is 3. The average molecular weight is 446 g/mol. The summed E-state index contributed by atoms with van der Waals surface area (Å²) < 4.78 is 23.0. The maximum absolute atomic E-state index is 12.5. The molecule has 3 N–H and O–H groups in total. The molecule has 0 atom stereocenters. The highest BCUT2D eigenvalue weighted by Crippen LogP contribution is 2.31. The van der Waals surface area contributed by atoms with Crippen molar-refractivity contribution in [3.63, 3.8) is 0 Å². The summed E-state index contributed by atoms with van der Waals surface area (Å²) in [6, 6.07) is 13.2. The van der Waals surface area contributed by atoms with Crippen LogP contribution in [0.2, 0.25) is 0 Å². The molecule has 0 radical (unpaired) electrons. The first kappa shape index (κ1) is 21.8. The van der Waals surface area contributed by atoms with E-state index in [1.54, 1.807) is 13.0 Å². The van der Waals surface area contributed by atoms with Crippen LogP contribution in [0.1, 0.15) is 21.5 Å². The molecule has 0 saturated carbocycles. The van der Waals surface area contributed by atoms with Crippen molar-refractivity contribution in [1.82, 2.24) is 10.2 Å². The van der Waals surface area contributed by atoms with Crippen molar-refractivity contribution in [3.8, 4) is 0 Å². The molecule has 0 bridgehead atoms. The summed E-state index contributed by atoms with van der Waals surface area (Å²) >= 11 is 0.844. The van der Waals surface area contributed by atoms with Crippen LogP contribution in [-0.2, 0) is 14.8 Å². The SMILES string of the molecule is Cc1ccc(S(N)(=O)=O)cc1C(=O)NCCN1C(=O)S/C(=C\c2ccccc2)C1=O. The lowest BCUT2D eigenvalue weighted by Gasteiger charge is -2.14. The van der Waals surface area contributed by atoms with E-state index in [0.29, 0.717) is 10.5 Å². The molecule has 1 heterocycles. The maximum atomic E-state index is 12.5. The number of hydrogen-bond acceptors (Lipinski definition) is 6. The molecule has 1 fully saturated rings. The van der Waals surface area contributed by atoms with E-state index in [2.05, 4.69) is 5.32 Å². The smallest absolute Gasteiger partial charge is 0.293 e. The summed E-state index contributed by atoms with van der Waals surface area (Å²) in [5.74, 6) is -0.944. The van der Waals surface area contributed by atoms with Gasteiger partial charge in [-0.05, 0) is 48.0 Å². The standard InChI is InChI=1S/C20H19N3O5S2/c1-13-7-8-15(30(21,27)28)12-16(13)18(24)22-9-10-23-19(25)17(29-20(23)26)11-14-5-3-2-4-6-14/h2-8,11-12H,9-10H2,1H3,(H,22,24)(H2,21,27,28)/b17-11-. The lowest BCUT2D eigenvalue weighted by atomic mass is 10.1. The first-order valence-electron chi connectivity index (χ1n) is 8.89. The number of nitrogens with zero attached hydrogens (tertiary/aromatic N) is 1. The number of carbonyl (C=O) groups is 3. The Morgan fingerprint density at radius 1 is 1.17 bits per heavy atom. The molecule has 10 heteroatoms. The van der Waals surface area contributed by atoms with Gasteiger partial charge in [-0.1, -0.05) is 36.4 Å². The average Bonchev–Trinajstić information content (AvgIpc) is 2.95. The minimum Gasteiger partial charge on any atom is -0.350 e. The Bertz CT molecular complexity index is 1140. The van der Waals surface area contributed by atoms with Gasteiger partial charge >= 0.3 is 0 Å². The lowest BCUT2D eigenvalue weighted by Crippen LogP contribution is -2.37. The van der Waals surface area contributed by atoms with Crippen LogP contribution in [0.3, 0.4) is 0 Å². The monoisotopic (exact) mass is 445 g/mol. The van der Waals surface area contributed by atoms with Crippen LogP contribution in [0.4, 0.5) is 4.79 Å². The number of nitrogens with two attached hydrogens (primary N) is 1.